The van der Waals surface area contributed by atoms with Crippen LogP contribution in [0.15, 0.2) is 39.2 Å². The number of hydrogen-bond acceptors (Lipinski definition) is 5. The van der Waals surface area contributed by atoms with E-state index in [4.69, 9.17) is 17.0 Å². The Hall–Kier alpha value is -1.35. The SMILES string of the molecule is COC[C@@H](C)NC(=S)N/N=C\c1csc(-c2cccc(Br)c2)n1. The van der Waals surface area contributed by atoms with Crippen LogP contribution in [0.5, 0.6) is 0 Å². The summed E-state index contributed by atoms with van der Waals surface area (Å²) in [5.74, 6) is 0. The smallest absolute Gasteiger partial charge is 0.187 e. The minimum Gasteiger partial charge on any atom is -0.383 e. The number of nitrogens with zero attached hydrogens (tertiary/aromatic N) is 2. The van der Waals surface area contributed by atoms with E-state index in [9.17, 15) is 0 Å². The topological polar surface area (TPSA) is 58.5 Å². The summed E-state index contributed by atoms with van der Waals surface area (Å²) in [5, 5.41) is 10.5. The molecule has 0 amide bonds. The van der Waals surface area contributed by atoms with Crippen molar-refractivity contribution in [1.82, 2.24) is 15.7 Å². The van der Waals surface area contributed by atoms with E-state index >= 15 is 0 Å². The number of aromatic nitrogens is 1. The second kappa shape index (κ2) is 9.07. The molecule has 23 heavy (non-hydrogen) atoms. The van der Waals surface area contributed by atoms with Crippen LogP contribution in [0.1, 0.15) is 12.6 Å². The molecule has 1 aromatic heterocycles. The average molecular weight is 413 g/mol. The zero-order valence-electron chi connectivity index (χ0n) is 12.7. The van der Waals surface area contributed by atoms with Gasteiger partial charge in [0.1, 0.15) is 5.01 Å². The third-order valence-electron chi connectivity index (χ3n) is 2.75. The van der Waals surface area contributed by atoms with Crippen LogP contribution in [0.3, 0.4) is 0 Å². The van der Waals surface area contributed by atoms with Gasteiger partial charge in [0, 0.05) is 28.6 Å². The molecule has 0 saturated carbocycles. The van der Waals surface area contributed by atoms with Gasteiger partial charge in [-0.1, -0.05) is 28.1 Å². The normalized spacial score (nSPS) is 12.3. The lowest BCUT2D eigenvalue weighted by atomic mass is 10.2. The van der Waals surface area contributed by atoms with Crippen LogP contribution in [-0.2, 0) is 4.74 Å². The fourth-order valence-electron chi connectivity index (χ4n) is 1.80. The first-order valence-electron chi connectivity index (χ1n) is 6.88. The Morgan fingerprint density at radius 1 is 1.57 bits per heavy atom. The number of nitrogens with one attached hydrogen (secondary N) is 2. The Balaban J connectivity index is 1.90. The number of thiocarbonyl (C=S) groups is 1. The molecule has 2 aromatic rings. The molecule has 0 saturated heterocycles. The van der Waals surface area contributed by atoms with Crippen molar-refractivity contribution in [3.63, 3.8) is 0 Å². The molecule has 122 valence electrons. The first-order chi connectivity index (χ1) is 11.1. The molecule has 2 N–H and O–H groups in total. The van der Waals surface area contributed by atoms with Gasteiger partial charge in [-0.3, -0.25) is 5.43 Å². The van der Waals surface area contributed by atoms with Gasteiger partial charge in [0.15, 0.2) is 5.11 Å². The van der Waals surface area contributed by atoms with Crippen LogP contribution in [0.25, 0.3) is 10.6 Å². The largest absolute Gasteiger partial charge is 0.383 e. The van der Waals surface area contributed by atoms with Gasteiger partial charge in [0.25, 0.3) is 0 Å². The number of ether oxygens (including phenoxy) is 1. The molecule has 1 aromatic carbocycles. The molecule has 8 heteroatoms. The molecule has 0 radical (unpaired) electrons. The molecule has 0 unspecified atom stereocenters. The zero-order valence-corrected chi connectivity index (χ0v) is 16.0. The molecule has 1 atom stereocenters. The maximum absolute atomic E-state index is 5.14. The van der Waals surface area contributed by atoms with Crippen molar-refractivity contribution in [3.05, 3.63) is 39.8 Å². The number of methoxy groups -OCH3 is 1. The predicted molar refractivity (Wildman–Crippen MR) is 103 cm³/mol. The molecule has 0 aliphatic carbocycles. The van der Waals surface area contributed by atoms with Gasteiger partial charge >= 0.3 is 0 Å². The van der Waals surface area contributed by atoms with Crippen LogP contribution in [0.2, 0.25) is 0 Å². The number of halogens is 1. The fourth-order valence-corrected chi connectivity index (χ4v) is 3.22. The standard InChI is InChI=1S/C15H17BrN4OS2/c1-10(8-21-2)18-15(22)20-17-7-13-9-23-14(19-13)11-4-3-5-12(16)6-11/h3-7,9-10H,8H2,1-2H3,(H2,18,20,22)/b17-7-/t10-/m1/s1. The quantitative estimate of drug-likeness (QED) is 0.432. The van der Waals surface area contributed by atoms with E-state index in [-0.39, 0.29) is 6.04 Å². The van der Waals surface area contributed by atoms with E-state index in [1.54, 1.807) is 24.7 Å². The average Bonchev–Trinajstić information content (AvgIpc) is 2.96. The van der Waals surface area contributed by atoms with Gasteiger partial charge in [-0.15, -0.1) is 11.3 Å². The molecule has 0 spiro atoms. The Morgan fingerprint density at radius 3 is 3.13 bits per heavy atom. The van der Waals surface area contributed by atoms with Crippen LogP contribution < -0.4 is 10.7 Å². The number of rotatable bonds is 6. The van der Waals surface area contributed by atoms with Crippen molar-refractivity contribution in [2.45, 2.75) is 13.0 Å². The van der Waals surface area contributed by atoms with Crippen molar-refractivity contribution in [3.8, 4) is 10.6 Å². The molecule has 0 aliphatic rings. The first-order valence-corrected chi connectivity index (χ1v) is 8.96. The Labute approximate surface area is 153 Å². The van der Waals surface area contributed by atoms with Gasteiger partial charge < -0.3 is 10.1 Å². The highest BCUT2D eigenvalue weighted by Crippen LogP contribution is 2.25. The highest BCUT2D eigenvalue weighted by Gasteiger charge is 2.04. The summed E-state index contributed by atoms with van der Waals surface area (Å²) in [6, 6.07) is 8.16. The zero-order chi connectivity index (χ0) is 16.7. The molecule has 2 rings (SSSR count). The molecule has 0 aliphatic heterocycles. The van der Waals surface area contributed by atoms with Gasteiger partial charge in [-0.2, -0.15) is 5.10 Å². The van der Waals surface area contributed by atoms with Gasteiger partial charge in [-0.25, -0.2) is 4.98 Å². The van der Waals surface area contributed by atoms with Crippen LogP contribution >= 0.6 is 39.5 Å². The number of thiazole rings is 1. The van der Waals surface area contributed by atoms with Crippen molar-refractivity contribution >= 4 is 50.8 Å². The molecule has 0 bridgehead atoms. The predicted octanol–water partition coefficient (Wildman–Crippen LogP) is 3.41. The van der Waals surface area contributed by atoms with E-state index in [1.807, 2.05) is 36.6 Å². The van der Waals surface area contributed by atoms with E-state index in [2.05, 4.69) is 36.8 Å². The fraction of sp³-hybridized carbons (Fsp3) is 0.267. The molecule has 1 heterocycles. The lowest BCUT2D eigenvalue weighted by Crippen LogP contribution is -2.40. The second-order valence-corrected chi connectivity index (χ2v) is 6.97. The third kappa shape index (κ3) is 5.98. The molecular weight excluding hydrogens is 396 g/mol. The molecule has 0 fully saturated rings. The van der Waals surface area contributed by atoms with Crippen molar-refractivity contribution in [2.75, 3.05) is 13.7 Å². The molecule has 5 nitrogen and oxygen atoms in total. The number of hydrogen-bond donors (Lipinski definition) is 2. The highest BCUT2D eigenvalue weighted by molar-refractivity contribution is 9.10. The summed E-state index contributed by atoms with van der Waals surface area (Å²) in [4.78, 5) is 4.53. The van der Waals surface area contributed by atoms with E-state index in [1.165, 1.54) is 0 Å². The van der Waals surface area contributed by atoms with Crippen molar-refractivity contribution < 1.29 is 4.74 Å². The summed E-state index contributed by atoms with van der Waals surface area (Å²) < 4.78 is 6.06. The summed E-state index contributed by atoms with van der Waals surface area (Å²) in [7, 11) is 1.65. The van der Waals surface area contributed by atoms with E-state index in [0.717, 1.165) is 20.7 Å². The second-order valence-electron chi connectivity index (χ2n) is 4.79. The minimum atomic E-state index is 0.123. The lowest BCUT2D eigenvalue weighted by Gasteiger charge is -2.13. The van der Waals surface area contributed by atoms with Gasteiger partial charge in [-0.05, 0) is 31.3 Å². The summed E-state index contributed by atoms with van der Waals surface area (Å²) in [6.07, 6.45) is 1.65. The van der Waals surface area contributed by atoms with Gasteiger partial charge in [0.05, 0.1) is 18.5 Å². The monoisotopic (exact) mass is 412 g/mol. The van der Waals surface area contributed by atoms with Crippen molar-refractivity contribution in [1.29, 1.82) is 0 Å². The third-order valence-corrected chi connectivity index (χ3v) is 4.36. The summed E-state index contributed by atoms with van der Waals surface area (Å²) >= 11 is 10.2. The first kappa shape index (κ1) is 18.0. The van der Waals surface area contributed by atoms with Crippen LogP contribution in [0, 0.1) is 0 Å². The number of benzene rings is 1. The Morgan fingerprint density at radius 2 is 2.39 bits per heavy atom. The van der Waals surface area contributed by atoms with Gasteiger partial charge in [0.2, 0.25) is 0 Å². The summed E-state index contributed by atoms with van der Waals surface area (Å²) in [5.41, 5.74) is 4.62. The number of hydrazone groups is 1. The highest BCUT2D eigenvalue weighted by atomic mass is 79.9. The lowest BCUT2D eigenvalue weighted by molar-refractivity contribution is 0.179. The van der Waals surface area contributed by atoms with E-state index < -0.39 is 0 Å². The van der Waals surface area contributed by atoms with Crippen molar-refractivity contribution in [2.24, 2.45) is 5.10 Å². The Bertz CT molecular complexity index is 690. The van der Waals surface area contributed by atoms with Crippen LogP contribution in [0.4, 0.5) is 0 Å². The maximum Gasteiger partial charge on any atom is 0.187 e. The molecular formula is C15H17BrN4OS2. The van der Waals surface area contributed by atoms with E-state index in [0.29, 0.717) is 11.7 Å². The van der Waals surface area contributed by atoms with Crippen LogP contribution in [-0.4, -0.2) is 36.1 Å². The Kier molecular flexibility index (Phi) is 7.10. The minimum absolute atomic E-state index is 0.123. The maximum atomic E-state index is 5.14. The summed E-state index contributed by atoms with van der Waals surface area (Å²) in [6.45, 7) is 2.56.